The summed E-state index contributed by atoms with van der Waals surface area (Å²) >= 11 is 3.32. The van der Waals surface area contributed by atoms with Crippen molar-refractivity contribution in [2.24, 2.45) is 0 Å². The van der Waals surface area contributed by atoms with Gasteiger partial charge in [-0.05, 0) is 30.3 Å². The molecule has 0 atom stereocenters. The van der Waals surface area contributed by atoms with E-state index in [4.69, 9.17) is 4.74 Å². The Morgan fingerprint density at radius 3 is 2.89 bits per heavy atom. The van der Waals surface area contributed by atoms with Crippen molar-refractivity contribution in [1.29, 1.82) is 0 Å². The number of carbonyl (C=O) groups excluding carboxylic acids is 1. The standard InChI is InChI=1S/C13H11BrN2O2/c1-18-11-4-2-3-9(7-11)13(17)16-12-8-10(14)5-6-15-12/h2-8H,1H3,(H,15,16,17). The summed E-state index contributed by atoms with van der Waals surface area (Å²) in [6, 6.07) is 10.5. The third-order valence-corrected chi connectivity index (χ3v) is 2.79. The van der Waals surface area contributed by atoms with Crippen LogP contribution in [0.5, 0.6) is 5.75 Å². The highest BCUT2D eigenvalue weighted by molar-refractivity contribution is 9.10. The SMILES string of the molecule is COc1cccc(C(=O)Nc2cc(Br)ccn2)c1. The van der Waals surface area contributed by atoms with E-state index in [1.54, 1.807) is 49.7 Å². The van der Waals surface area contributed by atoms with Crippen LogP contribution in [0.2, 0.25) is 0 Å². The highest BCUT2D eigenvalue weighted by atomic mass is 79.9. The predicted molar refractivity (Wildman–Crippen MR) is 72.9 cm³/mol. The first kappa shape index (κ1) is 12.6. The fraction of sp³-hybridized carbons (Fsp3) is 0.0769. The summed E-state index contributed by atoms with van der Waals surface area (Å²) < 4.78 is 5.93. The minimum atomic E-state index is -0.223. The second kappa shape index (κ2) is 5.64. The molecular formula is C13H11BrN2O2. The van der Waals surface area contributed by atoms with Crippen molar-refractivity contribution in [1.82, 2.24) is 4.98 Å². The number of methoxy groups -OCH3 is 1. The Morgan fingerprint density at radius 2 is 2.17 bits per heavy atom. The Bertz CT molecular complexity index is 572. The largest absolute Gasteiger partial charge is 0.497 e. The lowest BCUT2D eigenvalue weighted by atomic mass is 10.2. The minimum Gasteiger partial charge on any atom is -0.497 e. The number of amides is 1. The highest BCUT2D eigenvalue weighted by Gasteiger charge is 2.07. The van der Waals surface area contributed by atoms with Crippen LogP contribution in [0.15, 0.2) is 47.1 Å². The quantitative estimate of drug-likeness (QED) is 0.948. The van der Waals surface area contributed by atoms with Gasteiger partial charge in [0.15, 0.2) is 0 Å². The summed E-state index contributed by atoms with van der Waals surface area (Å²) in [5.74, 6) is 0.918. The molecule has 2 rings (SSSR count). The van der Waals surface area contributed by atoms with Crippen molar-refractivity contribution < 1.29 is 9.53 Å². The molecule has 1 amide bonds. The third-order valence-electron chi connectivity index (χ3n) is 2.30. The molecule has 2 aromatic rings. The molecule has 18 heavy (non-hydrogen) atoms. The van der Waals surface area contributed by atoms with Gasteiger partial charge in [-0.3, -0.25) is 4.79 Å². The van der Waals surface area contributed by atoms with E-state index in [0.717, 1.165) is 4.47 Å². The number of rotatable bonds is 3. The maximum Gasteiger partial charge on any atom is 0.256 e. The van der Waals surface area contributed by atoms with E-state index in [1.807, 2.05) is 0 Å². The van der Waals surface area contributed by atoms with E-state index >= 15 is 0 Å². The van der Waals surface area contributed by atoms with Crippen LogP contribution in [0.4, 0.5) is 5.82 Å². The Balaban J connectivity index is 2.16. The van der Waals surface area contributed by atoms with E-state index in [1.165, 1.54) is 0 Å². The minimum absolute atomic E-state index is 0.223. The number of carbonyl (C=O) groups is 1. The Kier molecular flexibility index (Phi) is 3.94. The molecule has 0 fully saturated rings. The van der Waals surface area contributed by atoms with Gasteiger partial charge >= 0.3 is 0 Å². The summed E-state index contributed by atoms with van der Waals surface area (Å²) in [4.78, 5) is 16.0. The molecular weight excluding hydrogens is 296 g/mol. The van der Waals surface area contributed by atoms with Crippen molar-refractivity contribution in [3.8, 4) is 5.75 Å². The molecule has 0 aliphatic heterocycles. The molecule has 0 bridgehead atoms. The number of halogens is 1. The lowest BCUT2D eigenvalue weighted by Gasteiger charge is -2.06. The topological polar surface area (TPSA) is 51.2 Å². The van der Waals surface area contributed by atoms with Gasteiger partial charge in [0.2, 0.25) is 0 Å². The number of ether oxygens (including phenoxy) is 1. The molecule has 0 unspecified atom stereocenters. The summed E-state index contributed by atoms with van der Waals surface area (Å²) in [6.45, 7) is 0. The van der Waals surface area contributed by atoms with Gasteiger partial charge in [0.25, 0.3) is 5.91 Å². The molecule has 4 nitrogen and oxygen atoms in total. The van der Waals surface area contributed by atoms with E-state index in [2.05, 4.69) is 26.2 Å². The number of pyridine rings is 1. The van der Waals surface area contributed by atoms with Crippen LogP contribution in [0.3, 0.4) is 0 Å². The van der Waals surface area contributed by atoms with E-state index in [0.29, 0.717) is 17.1 Å². The number of aromatic nitrogens is 1. The molecule has 0 saturated heterocycles. The maximum absolute atomic E-state index is 12.0. The smallest absolute Gasteiger partial charge is 0.256 e. The predicted octanol–water partition coefficient (Wildman–Crippen LogP) is 3.11. The second-order valence-corrected chi connectivity index (χ2v) is 4.46. The summed E-state index contributed by atoms with van der Waals surface area (Å²) in [5, 5.41) is 2.71. The number of nitrogens with zero attached hydrogens (tertiary/aromatic N) is 1. The highest BCUT2D eigenvalue weighted by Crippen LogP contribution is 2.16. The summed E-state index contributed by atoms with van der Waals surface area (Å²) in [7, 11) is 1.56. The van der Waals surface area contributed by atoms with Crippen LogP contribution < -0.4 is 10.1 Å². The molecule has 0 aliphatic rings. The van der Waals surface area contributed by atoms with Crippen molar-refractivity contribution in [3.05, 3.63) is 52.6 Å². The van der Waals surface area contributed by atoms with Gasteiger partial charge in [0.1, 0.15) is 11.6 Å². The molecule has 1 heterocycles. The van der Waals surface area contributed by atoms with Gasteiger partial charge in [-0.1, -0.05) is 22.0 Å². The molecule has 92 valence electrons. The van der Waals surface area contributed by atoms with Crippen molar-refractivity contribution in [2.75, 3.05) is 12.4 Å². The van der Waals surface area contributed by atoms with Gasteiger partial charge < -0.3 is 10.1 Å². The van der Waals surface area contributed by atoms with Crippen LogP contribution >= 0.6 is 15.9 Å². The van der Waals surface area contributed by atoms with Crippen molar-refractivity contribution in [3.63, 3.8) is 0 Å². The Labute approximate surface area is 113 Å². The van der Waals surface area contributed by atoms with Crippen LogP contribution in [0.25, 0.3) is 0 Å². The van der Waals surface area contributed by atoms with Crippen LogP contribution in [-0.2, 0) is 0 Å². The number of nitrogens with one attached hydrogen (secondary N) is 1. The van der Waals surface area contributed by atoms with E-state index in [-0.39, 0.29) is 5.91 Å². The molecule has 0 radical (unpaired) electrons. The molecule has 0 saturated carbocycles. The van der Waals surface area contributed by atoms with E-state index < -0.39 is 0 Å². The lowest BCUT2D eigenvalue weighted by molar-refractivity contribution is 0.102. The summed E-state index contributed by atoms with van der Waals surface area (Å²) in [6.07, 6.45) is 1.62. The third kappa shape index (κ3) is 3.07. The van der Waals surface area contributed by atoms with Crippen LogP contribution in [-0.4, -0.2) is 18.0 Å². The number of benzene rings is 1. The molecule has 1 N–H and O–H groups in total. The first-order chi connectivity index (χ1) is 8.69. The fourth-order valence-electron chi connectivity index (χ4n) is 1.43. The number of hydrogen-bond acceptors (Lipinski definition) is 3. The van der Waals surface area contributed by atoms with Gasteiger partial charge in [-0.2, -0.15) is 0 Å². The zero-order chi connectivity index (χ0) is 13.0. The van der Waals surface area contributed by atoms with E-state index in [9.17, 15) is 4.79 Å². The zero-order valence-corrected chi connectivity index (χ0v) is 11.3. The average Bonchev–Trinajstić information content (AvgIpc) is 2.39. The number of hydrogen-bond donors (Lipinski definition) is 1. The van der Waals surface area contributed by atoms with Crippen molar-refractivity contribution in [2.45, 2.75) is 0 Å². The van der Waals surface area contributed by atoms with Crippen molar-refractivity contribution >= 4 is 27.7 Å². The molecule has 0 spiro atoms. The Morgan fingerprint density at radius 1 is 1.33 bits per heavy atom. The Hall–Kier alpha value is -1.88. The molecule has 5 heteroatoms. The fourth-order valence-corrected chi connectivity index (χ4v) is 1.76. The summed E-state index contributed by atoms with van der Waals surface area (Å²) in [5.41, 5.74) is 0.524. The first-order valence-electron chi connectivity index (χ1n) is 5.26. The first-order valence-corrected chi connectivity index (χ1v) is 6.05. The second-order valence-electron chi connectivity index (χ2n) is 3.55. The van der Waals surface area contributed by atoms with Gasteiger partial charge in [0, 0.05) is 16.2 Å². The number of anilines is 1. The lowest BCUT2D eigenvalue weighted by Crippen LogP contribution is -2.12. The monoisotopic (exact) mass is 306 g/mol. The van der Waals surface area contributed by atoms with Crippen LogP contribution in [0, 0.1) is 0 Å². The van der Waals surface area contributed by atoms with Gasteiger partial charge in [-0.15, -0.1) is 0 Å². The van der Waals surface area contributed by atoms with Gasteiger partial charge in [0.05, 0.1) is 7.11 Å². The molecule has 1 aromatic carbocycles. The normalized spacial score (nSPS) is 9.89. The van der Waals surface area contributed by atoms with Gasteiger partial charge in [-0.25, -0.2) is 4.98 Å². The molecule has 0 aliphatic carbocycles. The maximum atomic E-state index is 12.0. The zero-order valence-electron chi connectivity index (χ0n) is 9.68. The van der Waals surface area contributed by atoms with Crippen LogP contribution in [0.1, 0.15) is 10.4 Å². The molecule has 1 aromatic heterocycles. The average molecular weight is 307 g/mol.